The maximum absolute atomic E-state index is 12.5. The summed E-state index contributed by atoms with van der Waals surface area (Å²) >= 11 is 0. The number of amides is 1. The fourth-order valence-corrected chi connectivity index (χ4v) is 9.39. The second kappa shape index (κ2) is 58.6. The zero-order chi connectivity index (χ0) is 50.0. The van der Waals surface area contributed by atoms with Crippen LogP contribution in [-0.4, -0.2) is 47.4 Å². The van der Waals surface area contributed by atoms with E-state index >= 15 is 0 Å². The highest BCUT2D eigenvalue weighted by molar-refractivity contribution is 5.76. The van der Waals surface area contributed by atoms with Gasteiger partial charge in [-0.3, -0.25) is 9.59 Å². The molecule has 2 atom stereocenters. The van der Waals surface area contributed by atoms with Crippen molar-refractivity contribution in [3.05, 3.63) is 36.5 Å². The Kier molecular flexibility index (Phi) is 57.0. The van der Waals surface area contributed by atoms with Crippen molar-refractivity contribution in [3.63, 3.8) is 0 Å². The summed E-state index contributed by atoms with van der Waals surface area (Å²) < 4.78 is 5.46. The van der Waals surface area contributed by atoms with Crippen LogP contribution in [0.5, 0.6) is 0 Å². The zero-order valence-electron chi connectivity index (χ0n) is 46.3. The minimum Gasteiger partial charge on any atom is -0.466 e. The lowest BCUT2D eigenvalue weighted by molar-refractivity contribution is -0.143. The molecule has 0 aliphatic carbocycles. The molecular weight excluding hydrogens is 851 g/mol. The van der Waals surface area contributed by atoms with Crippen LogP contribution in [0.3, 0.4) is 0 Å². The predicted octanol–water partition coefficient (Wildman–Crippen LogP) is 19.2. The van der Waals surface area contributed by atoms with E-state index in [1.54, 1.807) is 6.08 Å². The van der Waals surface area contributed by atoms with Crippen LogP contribution in [0.4, 0.5) is 0 Å². The van der Waals surface area contributed by atoms with Crippen molar-refractivity contribution in [1.29, 1.82) is 0 Å². The number of hydrogen-bond donors (Lipinski definition) is 3. The number of allylic oxidation sites excluding steroid dienone is 5. The molecule has 0 heterocycles. The first-order valence-corrected chi connectivity index (χ1v) is 30.8. The maximum Gasteiger partial charge on any atom is 0.305 e. The smallest absolute Gasteiger partial charge is 0.305 e. The molecule has 0 aromatic heterocycles. The van der Waals surface area contributed by atoms with Gasteiger partial charge in [0.2, 0.25) is 5.91 Å². The number of rotatable bonds is 57. The van der Waals surface area contributed by atoms with Crippen LogP contribution >= 0.6 is 0 Å². The summed E-state index contributed by atoms with van der Waals surface area (Å²) in [6, 6.07) is -0.639. The second-order valence-corrected chi connectivity index (χ2v) is 21.0. The number of esters is 1. The molecule has 0 aliphatic rings. The average molecular weight is 971 g/mol. The van der Waals surface area contributed by atoms with Crippen molar-refractivity contribution in [2.45, 2.75) is 341 Å². The van der Waals surface area contributed by atoms with Crippen LogP contribution in [0.25, 0.3) is 0 Å². The zero-order valence-corrected chi connectivity index (χ0v) is 46.3. The topological polar surface area (TPSA) is 95.9 Å². The Hall–Kier alpha value is -1.92. The SMILES string of the molecule is CCCCCC/C=C\CCCCCCCC(=O)OCCCCCCCCCCC/C=C\CCCCCCCC(=O)NC(CO)C(O)/C=C/CCCCCCCCCCCCCCCCCCCCC. The molecule has 0 bridgehead atoms. The van der Waals surface area contributed by atoms with E-state index in [0.717, 1.165) is 64.2 Å². The molecule has 0 fully saturated rings. The molecule has 2 unspecified atom stereocenters. The largest absolute Gasteiger partial charge is 0.466 e. The first-order valence-electron chi connectivity index (χ1n) is 30.8. The lowest BCUT2D eigenvalue weighted by Gasteiger charge is -2.20. The van der Waals surface area contributed by atoms with E-state index in [2.05, 4.69) is 43.5 Å². The second-order valence-electron chi connectivity index (χ2n) is 21.0. The van der Waals surface area contributed by atoms with Gasteiger partial charge in [0.05, 0.1) is 25.4 Å². The summed E-state index contributed by atoms with van der Waals surface area (Å²) in [6.07, 6.45) is 73.2. The van der Waals surface area contributed by atoms with Crippen molar-refractivity contribution in [1.82, 2.24) is 5.32 Å². The molecule has 406 valence electrons. The van der Waals surface area contributed by atoms with Crippen LogP contribution in [0, 0.1) is 0 Å². The molecule has 0 rings (SSSR count). The van der Waals surface area contributed by atoms with Gasteiger partial charge in [-0.25, -0.2) is 0 Å². The van der Waals surface area contributed by atoms with Gasteiger partial charge in [-0.2, -0.15) is 0 Å². The van der Waals surface area contributed by atoms with E-state index in [1.807, 2.05) is 6.08 Å². The Bertz CT molecular complexity index is 1120. The van der Waals surface area contributed by atoms with Gasteiger partial charge in [0.25, 0.3) is 0 Å². The Morgan fingerprint density at radius 1 is 0.391 bits per heavy atom. The van der Waals surface area contributed by atoms with E-state index in [1.165, 1.54) is 238 Å². The van der Waals surface area contributed by atoms with Crippen LogP contribution in [0.2, 0.25) is 0 Å². The molecule has 0 aromatic carbocycles. The van der Waals surface area contributed by atoms with Crippen molar-refractivity contribution < 1.29 is 24.5 Å². The molecule has 0 aromatic rings. The first kappa shape index (κ1) is 67.1. The van der Waals surface area contributed by atoms with Gasteiger partial charge in [0.1, 0.15) is 0 Å². The van der Waals surface area contributed by atoms with Crippen molar-refractivity contribution >= 4 is 11.9 Å². The molecule has 0 saturated heterocycles. The Balaban J connectivity index is 3.49. The highest BCUT2D eigenvalue weighted by Gasteiger charge is 2.18. The molecule has 0 radical (unpaired) electrons. The lowest BCUT2D eigenvalue weighted by Crippen LogP contribution is -2.45. The fourth-order valence-electron chi connectivity index (χ4n) is 9.39. The van der Waals surface area contributed by atoms with E-state index in [4.69, 9.17) is 4.74 Å². The fraction of sp³-hybridized carbons (Fsp3) is 0.873. The minimum absolute atomic E-state index is 0.00702. The third-order valence-corrected chi connectivity index (χ3v) is 14.1. The molecule has 0 aliphatic heterocycles. The van der Waals surface area contributed by atoms with Crippen molar-refractivity contribution in [2.24, 2.45) is 0 Å². The Morgan fingerprint density at radius 3 is 1.04 bits per heavy atom. The number of aliphatic hydroxyl groups is 2. The molecule has 1 amide bonds. The van der Waals surface area contributed by atoms with Gasteiger partial charge in [0.15, 0.2) is 0 Å². The quantitative estimate of drug-likeness (QED) is 0.0321. The number of aliphatic hydroxyl groups excluding tert-OH is 2. The number of nitrogens with one attached hydrogen (secondary N) is 1. The van der Waals surface area contributed by atoms with Gasteiger partial charge in [-0.1, -0.05) is 269 Å². The summed E-state index contributed by atoms with van der Waals surface area (Å²) in [7, 11) is 0. The Morgan fingerprint density at radius 2 is 0.681 bits per heavy atom. The number of carbonyl (C=O) groups excluding carboxylic acids is 2. The Labute approximate surface area is 430 Å². The number of hydrogen-bond acceptors (Lipinski definition) is 5. The van der Waals surface area contributed by atoms with Gasteiger partial charge in [-0.05, 0) is 83.5 Å². The van der Waals surface area contributed by atoms with Gasteiger partial charge in [0, 0.05) is 12.8 Å². The average Bonchev–Trinajstić information content (AvgIpc) is 3.35. The molecule has 3 N–H and O–H groups in total. The summed E-state index contributed by atoms with van der Waals surface area (Å²) in [5.41, 5.74) is 0. The number of ether oxygens (including phenoxy) is 1. The normalized spacial score (nSPS) is 12.8. The highest BCUT2D eigenvalue weighted by atomic mass is 16.5. The van der Waals surface area contributed by atoms with Crippen LogP contribution in [0.15, 0.2) is 36.5 Å². The van der Waals surface area contributed by atoms with Gasteiger partial charge >= 0.3 is 5.97 Å². The third kappa shape index (κ3) is 55.2. The molecule has 0 saturated carbocycles. The first-order chi connectivity index (χ1) is 34.0. The van der Waals surface area contributed by atoms with E-state index in [0.29, 0.717) is 19.4 Å². The van der Waals surface area contributed by atoms with Crippen LogP contribution in [-0.2, 0) is 14.3 Å². The molecular formula is C63H119NO5. The summed E-state index contributed by atoms with van der Waals surface area (Å²) in [5, 5.41) is 23.2. The van der Waals surface area contributed by atoms with Crippen LogP contribution < -0.4 is 5.32 Å². The monoisotopic (exact) mass is 970 g/mol. The van der Waals surface area contributed by atoms with Gasteiger partial charge in [-0.15, -0.1) is 0 Å². The minimum atomic E-state index is -0.854. The number of unbranched alkanes of at least 4 members (excludes halogenated alkanes) is 42. The predicted molar refractivity (Wildman–Crippen MR) is 301 cm³/mol. The lowest BCUT2D eigenvalue weighted by atomic mass is 10.0. The van der Waals surface area contributed by atoms with E-state index < -0.39 is 12.1 Å². The maximum atomic E-state index is 12.5. The summed E-state index contributed by atoms with van der Waals surface area (Å²) in [5.74, 6) is -0.0872. The van der Waals surface area contributed by atoms with E-state index in [-0.39, 0.29) is 18.5 Å². The van der Waals surface area contributed by atoms with Crippen LogP contribution in [0.1, 0.15) is 328 Å². The highest BCUT2D eigenvalue weighted by Crippen LogP contribution is 2.17. The molecule has 69 heavy (non-hydrogen) atoms. The third-order valence-electron chi connectivity index (χ3n) is 14.1. The molecule has 6 nitrogen and oxygen atoms in total. The standard InChI is InChI=1S/C63H119NO5/c1-3-5-7-9-11-13-15-17-18-19-20-21-22-25-28-32-35-39-43-47-51-55-61(66)60(59-65)64-62(67)56-52-48-44-40-36-33-29-26-23-24-27-30-34-38-42-46-50-54-58-69-63(68)57-53-49-45-41-37-31-16-14-12-10-8-6-4-2/h14,16,26,29,51,55,60-61,65-66H,3-13,15,17-25,27-28,30-50,52-54,56-59H2,1-2H3,(H,64,67)/b16-14-,29-26-,55-51+. The van der Waals surface area contributed by atoms with Gasteiger partial charge < -0.3 is 20.3 Å². The van der Waals surface area contributed by atoms with Crippen molar-refractivity contribution in [2.75, 3.05) is 13.2 Å². The van der Waals surface area contributed by atoms with E-state index in [9.17, 15) is 19.8 Å². The summed E-state index contributed by atoms with van der Waals surface area (Å²) in [6.45, 7) is 4.89. The molecule has 6 heteroatoms. The van der Waals surface area contributed by atoms with Crippen molar-refractivity contribution in [3.8, 4) is 0 Å². The molecule has 0 spiro atoms. The number of carbonyl (C=O) groups is 2. The summed E-state index contributed by atoms with van der Waals surface area (Å²) in [4.78, 5) is 24.5.